The Kier molecular flexibility index (Phi) is 3.62. The maximum Gasteiger partial charge on any atom is 0.145 e. The molecule has 0 amide bonds. The molecule has 1 fully saturated rings. The van der Waals surface area contributed by atoms with Gasteiger partial charge < -0.3 is 9.47 Å². The van der Waals surface area contributed by atoms with Crippen LogP contribution in [0.25, 0.3) is 10.9 Å². The summed E-state index contributed by atoms with van der Waals surface area (Å²) in [5.74, 6) is 0.835. The highest BCUT2D eigenvalue weighted by atomic mass is 16.5. The van der Waals surface area contributed by atoms with Crippen LogP contribution in [0.15, 0.2) is 30.3 Å². The van der Waals surface area contributed by atoms with E-state index < -0.39 is 0 Å². The van der Waals surface area contributed by atoms with Gasteiger partial charge in [0.15, 0.2) is 0 Å². The Morgan fingerprint density at radius 1 is 1.21 bits per heavy atom. The van der Waals surface area contributed by atoms with Crippen LogP contribution in [-0.2, 0) is 11.3 Å². The molecule has 0 unspecified atom stereocenters. The summed E-state index contributed by atoms with van der Waals surface area (Å²) < 4.78 is 10.7. The van der Waals surface area contributed by atoms with Crippen molar-refractivity contribution in [2.24, 2.45) is 0 Å². The van der Waals surface area contributed by atoms with Crippen LogP contribution < -0.4 is 4.74 Å². The van der Waals surface area contributed by atoms with Gasteiger partial charge in [0.25, 0.3) is 0 Å². The van der Waals surface area contributed by atoms with Crippen LogP contribution in [-0.4, -0.2) is 43.3 Å². The van der Waals surface area contributed by atoms with Crippen molar-refractivity contribution < 1.29 is 9.47 Å². The molecule has 4 heteroatoms. The average Bonchev–Trinajstić information content (AvgIpc) is 2.47. The van der Waals surface area contributed by atoms with Crippen molar-refractivity contribution in [3.05, 3.63) is 36.0 Å². The first-order chi connectivity index (χ1) is 9.36. The zero-order valence-corrected chi connectivity index (χ0v) is 11.1. The van der Waals surface area contributed by atoms with E-state index in [-0.39, 0.29) is 0 Å². The van der Waals surface area contributed by atoms with Crippen molar-refractivity contribution in [1.82, 2.24) is 9.88 Å². The minimum absolute atomic E-state index is 0.816. The molecule has 2 aromatic rings. The third-order valence-electron chi connectivity index (χ3n) is 3.45. The third kappa shape index (κ3) is 2.69. The first-order valence-electron chi connectivity index (χ1n) is 6.59. The molecule has 0 bridgehead atoms. The lowest BCUT2D eigenvalue weighted by Gasteiger charge is -2.26. The summed E-state index contributed by atoms with van der Waals surface area (Å²) in [5, 5.41) is 1.12. The van der Waals surface area contributed by atoms with Gasteiger partial charge in [0.05, 0.1) is 26.0 Å². The highest BCUT2D eigenvalue weighted by Gasteiger charge is 2.12. The highest BCUT2D eigenvalue weighted by molar-refractivity contribution is 5.84. The van der Waals surface area contributed by atoms with Gasteiger partial charge in [-0.05, 0) is 12.1 Å². The number of nitrogens with zero attached hydrogens (tertiary/aromatic N) is 2. The number of aromatic nitrogens is 1. The lowest BCUT2D eigenvalue weighted by atomic mass is 10.2. The monoisotopic (exact) mass is 258 g/mol. The van der Waals surface area contributed by atoms with Gasteiger partial charge in [0.2, 0.25) is 0 Å². The van der Waals surface area contributed by atoms with Crippen LogP contribution >= 0.6 is 0 Å². The molecule has 4 nitrogen and oxygen atoms in total. The third-order valence-corrected chi connectivity index (χ3v) is 3.45. The van der Waals surface area contributed by atoms with Crippen molar-refractivity contribution in [3.8, 4) is 5.75 Å². The second-order valence-corrected chi connectivity index (χ2v) is 4.72. The number of rotatable bonds is 3. The van der Waals surface area contributed by atoms with Crippen LogP contribution in [0, 0.1) is 0 Å². The van der Waals surface area contributed by atoms with Crippen molar-refractivity contribution >= 4 is 10.9 Å². The van der Waals surface area contributed by atoms with E-state index in [9.17, 15) is 0 Å². The average molecular weight is 258 g/mol. The fourth-order valence-corrected chi connectivity index (χ4v) is 2.40. The molecular weight excluding hydrogens is 240 g/mol. The van der Waals surface area contributed by atoms with Crippen LogP contribution in [0.5, 0.6) is 5.75 Å². The summed E-state index contributed by atoms with van der Waals surface area (Å²) in [5.41, 5.74) is 2.02. The second-order valence-electron chi connectivity index (χ2n) is 4.72. The highest BCUT2D eigenvalue weighted by Crippen LogP contribution is 2.23. The fourth-order valence-electron chi connectivity index (χ4n) is 2.40. The van der Waals surface area contributed by atoms with Gasteiger partial charge >= 0.3 is 0 Å². The van der Waals surface area contributed by atoms with E-state index >= 15 is 0 Å². The Bertz CT molecular complexity index is 565. The van der Waals surface area contributed by atoms with E-state index in [2.05, 4.69) is 23.1 Å². The van der Waals surface area contributed by atoms with E-state index in [0.29, 0.717) is 0 Å². The number of methoxy groups -OCH3 is 1. The summed E-state index contributed by atoms with van der Waals surface area (Å²) in [6, 6.07) is 10.2. The summed E-state index contributed by atoms with van der Waals surface area (Å²) in [4.78, 5) is 7.10. The Labute approximate surface area is 113 Å². The van der Waals surface area contributed by atoms with Gasteiger partial charge in [-0.25, -0.2) is 4.98 Å². The van der Waals surface area contributed by atoms with E-state index in [1.165, 1.54) is 0 Å². The van der Waals surface area contributed by atoms with Gasteiger partial charge in [-0.3, -0.25) is 4.90 Å². The lowest BCUT2D eigenvalue weighted by Crippen LogP contribution is -2.35. The van der Waals surface area contributed by atoms with Gasteiger partial charge in [-0.1, -0.05) is 18.2 Å². The number of ether oxygens (including phenoxy) is 2. The maximum atomic E-state index is 5.38. The largest absolute Gasteiger partial charge is 0.494 e. The molecular formula is C15H18N2O2. The Morgan fingerprint density at radius 3 is 2.84 bits per heavy atom. The van der Waals surface area contributed by atoms with Gasteiger partial charge in [0, 0.05) is 25.0 Å². The molecule has 0 spiro atoms. The minimum atomic E-state index is 0.816. The molecule has 100 valence electrons. The first-order valence-corrected chi connectivity index (χ1v) is 6.59. The Hall–Kier alpha value is -1.65. The number of hydrogen-bond acceptors (Lipinski definition) is 4. The van der Waals surface area contributed by atoms with E-state index in [1.807, 2.05) is 12.1 Å². The SMILES string of the molecule is COc1cccc2ccc(CN3CCOCC3)nc12. The minimum Gasteiger partial charge on any atom is -0.494 e. The normalized spacial score (nSPS) is 16.7. The molecule has 19 heavy (non-hydrogen) atoms. The topological polar surface area (TPSA) is 34.6 Å². The Balaban J connectivity index is 1.87. The predicted molar refractivity (Wildman–Crippen MR) is 74.4 cm³/mol. The van der Waals surface area contributed by atoms with E-state index in [0.717, 1.165) is 55.2 Å². The number of morpholine rings is 1. The molecule has 1 aromatic heterocycles. The van der Waals surface area contributed by atoms with Crippen molar-refractivity contribution in [1.29, 1.82) is 0 Å². The summed E-state index contributed by atoms with van der Waals surface area (Å²) in [6.45, 7) is 4.46. The molecule has 1 aliphatic heterocycles. The lowest BCUT2D eigenvalue weighted by molar-refractivity contribution is 0.0337. The standard InChI is InChI=1S/C15H18N2O2/c1-18-14-4-2-3-12-5-6-13(16-15(12)14)11-17-7-9-19-10-8-17/h2-6H,7-11H2,1H3. The van der Waals surface area contributed by atoms with Crippen molar-refractivity contribution in [3.63, 3.8) is 0 Å². The van der Waals surface area contributed by atoms with E-state index in [1.54, 1.807) is 7.11 Å². The summed E-state index contributed by atoms with van der Waals surface area (Å²) in [6.07, 6.45) is 0. The smallest absolute Gasteiger partial charge is 0.145 e. The quantitative estimate of drug-likeness (QED) is 0.844. The summed E-state index contributed by atoms with van der Waals surface area (Å²) in [7, 11) is 1.69. The van der Waals surface area contributed by atoms with Crippen LogP contribution in [0.3, 0.4) is 0 Å². The molecule has 2 heterocycles. The molecule has 3 rings (SSSR count). The van der Waals surface area contributed by atoms with Crippen LogP contribution in [0.1, 0.15) is 5.69 Å². The maximum absolute atomic E-state index is 5.38. The number of benzene rings is 1. The Morgan fingerprint density at radius 2 is 2.05 bits per heavy atom. The van der Waals surface area contributed by atoms with Gasteiger partial charge in [0.1, 0.15) is 11.3 Å². The number of fused-ring (bicyclic) bond motifs is 1. The number of para-hydroxylation sites is 1. The van der Waals surface area contributed by atoms with Gasteiger partial charge in [-0.15, -0.1) is 0 Å². The van der Waals surface area contributed by atoms with Crippen molar-refractivity contribution in [2.75, 3.05) is 33.4 Å². The summed E-state index contributed by atoms with van der Waals surface area (Å²) >= 11 is 0. The van der Waals surface area contributed by atoms with Crippen LogP contribution in [0.4, 0.5) is 0 Å². The molecule has 1 aliphatic rings. The van der Waals surface area contributed by atoms with Crippen molar-refractivity contribution in [2.45, 2.75) is 6.54 Å². The predicted octanol–water partition coefficient (Wildman–Crippen LogP) is 2.08. The van der Waals surface area contributed by atoms with Crippen LogP contribution in [0.2, 0.25) is 0 Å². The molecule has 0 saturated carbocycles. The first kappa shape index (κ1) is 12.4. The number of hydrogen-bond donors (Lipinski definition) is 0. The fraction of sp³-hybridized carbons (Fsp3) is 0.400. The number of pyridine rings is 1. The van der Waals surface area contributed by atoms with Gasteiger partial charge in [-0.2, -0.15) is 0 Å². The molecule has 0 atom stereocenters. The molecule has 0 radical (unpaired) electrons. The zero-order valence-electron chi connectivity index (χ0n) is 11.1. The molecule has 0 N–H and O–H groups in total. The second kappa shape index (κ2) is 5.55. The molecule has 1 saturated heterocycles. The van der Waals surface area contributed by atoms with E-state index in [4.69, 9.17) is 14.5 Å². The molecule has 1 aromatic carbocycles. The molecule has 0 aliphatic carbocycles. The zero-order chi connectivity index (χ0) is 13.1.